The minimum Gasteiger partial charge on any atom is -0.481 e. The molecule has 11 aliphatic rings. The highest BCUT2D eigenvalue weighted by Crippen LogP contribution is 2.49. The van der Waals surface area contributed by atoms with Crippen LogP contribution in [0.3, 0.4) is 0 Å². The fraction of sp³-hybridized carbons (Fsp3) is 0.583. The van der Waals surface area contributed by atoms with E-state index in [1.165, 1.54) is 57.1 Å². The number of likely N-dealkylation sites (tertiary alicyclic amines) is 4. The third kappa shape index (κ3) is 24.0. The Balaban J connectivity index is 0.000000133. The number of aromatic nitrogens is 8. The molecular weight excluding hydrogens is 1860 g/mol. The molecular formula is C103H134Cl5F3N20O7. The molecule has 4 aromatic carbocycles. The van der Waals surface area contributed by atoms with Crippen molar-refractivity contribution in [2.75, 3.05) is 159 Å². The van der Waals surface area contributed by atoms with E-state index in [9.17, 15) is 42.9 Å². The number of rotatable bonds is 28. The molecule has 8 N–H and O–H groups in total. The largest absolute Gasteiger partial charge is 0.481 e. The number of carbonyl (C=O) groups is 3. The van der Waals surface area contributed by atoms with Gasteiger partial charge < -0.3 is 80.9 Å². The molecule has 0 spiro atoms. The number of aryl methyl sites for hydroxylation is 4. The number of anilines is 8. The molecule has 27 nitrogen and oxygen atoms in total. The Hall–Kier alpha value is -8.95. The number of hydrogen-bond donors (Lipinski definition) is 8. The Labute approximate surface area is 833 Å². The number of carboxylic acid groups (broad SMARTS) is 3. The molecule has 8 aromatic rings. The van der Waals surface area contributed by atoms with E-state index in [0.29, 0.717) is 115 Å². The molecule has 11 fully saturated rings. The van der Waals surface area contributed by atoms with Gasteiger partial charge in [-0.15, -0.1) is 0 Å². The monoisotopic (exact) mass is 1990 g/mol. The Kier molecular flexibility index (Phi) is 32.7. The molecule has 19 rings (SSSR count). The fourth-order valence-electron chi connectivity index (χ4n) is 22.4. The van der Waals surface area contributed by atoms with Gasteiger partial charge in [-0.3, -0.25) is 14.4 Å². The number of aliphatic hydroxyl groups is 1. The molecule has 0 amide bonds. The van der Waals surface area contributed by atoms with E-state index < -0.39 is 46.2 Å². The SMILES string of the molecule is Cc1ccc([C@@H](C)Nc2nc(N3CC([C@H]4CCCN(C5CC(C(=O)O)C5)C4)C3)ncc2F)c(Cl)c1.Cc1ccc([C@@H](C)Nc2nc(N3CC([C@H]4CCCN(C5CC(C)(C(=O)O)C5)C4)C3)ncc2Cl)c(Cl)c1.Cc1ccc([C@@H](C)Nc2nc(N3CC([C@H]4CCCN(C5CC(C)(C(=O)O)C5)C4)C3)ncc2F)c(Cl)c1.Cc1ccc([C@@H](C)Nc2nc(N3CC([C@H]4CCCN(CCO)C4)C3)ncc2F)c(Cl)c1. The van der Waals surface area contributed by atoms with Crippen molar-refractivity contribution < 1.29 is 48.0 Å². The number of piperidine rings is 4. The number of hydrogen-bond acceptors (Lipinski definition) is 24. The predicted molar refractivity (Wildman–Crippen MR) is 540 cm³/mol. The summed E-state index contributed by atoms with van der Waals surface area (Å²) < 4.78 is 43.5. The Morgan fingerprint density at radius 2 is 0.674 bits per heavy atom. The molecule has 138 heavy (non-hydrogen) atoms. The zero-order valence-corrected chi connectivity index (χ0v) is 84.6. The van der Waals surface area contributed by atoms with Crippen LogP contribution in [0.15, 0.2) is 97.6 Å². The topological polar surface area (TPSA) is 309 Å². The maximum absolute atomic E-state index is 14.5. The third-order valence-electron chi connectivity index (χ3n) is 31.5. The number of aliphatic hydroxyl groups excluding tert-OH is 1. The van der Waals surface area contributed by atoms with E-state index in [4.69, 9.17) is 68.1 Å². The minimum atomic E-state index is -0.675. The summed E-state index contributed by atoms with van der Waals surface area (Å²) >= 11 is 32.1. The van der Waals surface area contributed by atoms with Crippen LogP contribution in [0.25, 0.3) is 0 Å². The van der Waals surface area contributed by atoms with Crippen molar-refractivity contribution in [1.82, 2.24) is 59.5 Å². The van der Waals surface area contributed by atoms with Crippen molar-refractivity contribution in [2.45, 2.75) is 201 Å². The van der Waals surface area contributed by atoms with Gasteiger partial charge in [0, 0.05) is 123 Å². The van der Waals surface area contributed by atoms with E-state index in [-0.39, 0.29) is 54.1 Å². The Morgan fingerprint density at radius 1 is 0.391 bits per heavy atom. The maximum atomic E-state index is 14.5. The van der Waals surface area contributed by atoms with Gasteiger partial charge in [-0.2, -0.15) is 19.9 Å². The second-order valence-electron chi connectivity index (χ2n) is 41.8. The lowest BCUT2D eigenvalue weighted by atomic mass is 9.65. The van der Waals surface area contributed by atoms with Crippen LogP contribution < -0.4 is 40.9 Å². The smallest absolute Gasteiger partial charge is 0.309 e. The van der Waals surface area contributed by atoms with E-state index in [1.54, 1.807) is 6.20 Å². The first-order chi connectivity index (χ1) is 66.0. The number of nitrogens with one attached hydrogen (secondary N) is 4. The molecule has 0 radical (unpaired) electrons. The van der Waals surface area contributed by atoms with Gasteiger partial charge in [0.2, 0.25) is 23.8 Å². The molecule has 12 heterocycles. The molecule has 3 aliphatic carbocycles. The molecule has 35 heteroatoms. The average Bonchev–Trinajstić information content (AvgIpc) is 0.760. The number of aliphatic carboxylic acids is 3. The molecule has 8 saturated heterocycles. The van der Waals surface area contributed by atoms with Crippen LogP contribution in [-0.2, 0) is 14.4 Å². The van der Waals surface area contributed by atoms with Gasteiger partial charge >= 0.3 is 17.9 Å². The zero-order valence-electron chi connectivity index (χ0n) is 80.8. The number of benzene rings is 4. The summed E-state index contributed by atoms with van der Waals surface area (Å²) in [6, 6.07) is 24.2. The van der Waals surface area contributed by atoms with Gasteiger partial charge in [0.15, 0.2) is 40.7 Å². The molecule has 8 atom stereocenters. The highest BCUT2D eigenvalue weighted by Gasteiger charge is 2.53. The quantitative estimate of drug-likeness (QED) is 0.0226. The van der Waals surface area contributed by atoms with Gasteiger partial charge in [0.05, 0.1) is 72.3 Å². The summed E-state index contributed by atoms with van der Waals surface area (Å²) in [5, 5.41) is 53.3. The second-order valence-corrected chi connectivity index (χ2v) is 43.9. The molecule has 3 saturated carbocycles. The van der Waals surface area contributed by atoms with Gasteiger partial charge in [-0.05, 0) is 301 Å². The number of carboxylic acids is 3. The highest BCUT2D eigenvalue weighted by molar-refractivity contribution is 6.33. The van der Waals surface area contributed by atoms with Gasteiger partial charge in [-0.25, -0.2) is 33.1 Å². The van der Waals surface area contributed by atoms with E-state index in [1.807, 2.05) is 136 Å². The van der Waals surface area contributed by atoms with Crippen molar-refractivity contribution in [3.8, 4) is 0 Å². The molecule has 8 aliphatic heterocycles. The normalized spacial score (nSPS) is 25.8. The van der Waals surface area contributed by atoms with Crippen molar-refractivity contribution >= 4 is 123 Å². The second kappa shape index (κ2) is 44.3. The third-order valence-corrected chi connectivity index (χ3v) is 33.1. The van der Waals surface area contributed by atoms with Crippen molar-refractivity contribution in [2.24, 2.45) is 64.1 Å². The van der Waals surface area contributed by atoms with Crippen LogP contribution in [0.1, 0.15) is 200 Å². The first-order valence-corrected chi connectivity index (χ1v) is 51.3. The number of halogens is 8. The van der Waals surface area contributed by atoms with Crippen molar-refractivity contribution in [3.63, 3.8) is 0 Å². The van der Waals surface area contributed by atoms with Crippen molar-refractivity contribution in [1.29, 1.82) is 0 Å². The van der Waals surface area contributed by atoms with E-state index >= 15 is 0 Å². The summed E-state index contributed by atoms with van der Waals surface area (Å²) in [5.74, 6) is 4.72. The first kappa shape index (κ1) is 102. The standard InChI is InChI=1S/C27H35Cl2N5O2.C27H35ClFN5O2.C26H33ClFN5O2.C23H31ClFN5O/c2*1-16-6-7-21(22(28)9-16)17(2)31-24-23(29)12-30-26(32-24)34-14-19(15-34)18-5-4-8-33(13-18)20-10-27(3,11-20)25(35)36;1-15-5-6-21(22(27)8-15)16(2)30-24-23(28)11-29-26(31-24)33-13-19(14-33)17-4-3-7-32(12-17)20-9-18(10-20)25(34)35;1-15-5-6-19(20(24)10-15)16(2)27-22-21(25)11-26-23(28-22)30-13-18(14-30)17-4-3-7-29(12-17)8-9-31/h2*6-7,9,12,17-20H,4-5,8,10-11,13-15H2,1-3H3,(H,35,36)(H,30,31,32);5-6,8,11,16-20H,3-4,7,9-10,12-14H2,1-2H3,(H,34,35)(H,29,30,31);5-6,10-11,16-18,31H,3-4,7-9,12-14H2,1-2H3,(H,26,27,28)/t2*17-,18+,20?,27?;16-,17+,18?,20?;16-,17+/m1111/s1. The van der Waals surface area contributed by atoms with Crippen LogP contribution in [0, 0.1) is 109 Å². The summed E-state index contributed by atoms with van der Waals surface area (Å²) in [6.45, 7) is 36.2. The molecule has 4 aromatic heterocycles. The van der Waals surface area contributed by atoms with Crippen LogP contribution in [-0.4, -0.2) is 234 Å². The van der Waals surface area contributed by atoms with Crippen LogP contribution in [0.5, 0.6) is 0 Å². The predicted octanol–water partition coefficient (Wildman–Crippen LogP) is 19.5. The molecule has 0 unspecified atom stereocenters. The lowest BCUT2D eigenvalue weighted by Crippen LogP contribution is -2.58. The van der Waals surface area contributed by atoms with Crippen LogP contribution >= 0.6 is 58.0 Å². The highest BCUT2D eigenvalue weighted by atomic mass is 35.5. The van der Waals surface area contributed by atoms with Gasteiger partial charge in [0.1, 0.15) is 5.02 Å². The average molecular weight is 2000 g/mol. The van der Waals surface area contributed by atoms with Crippen LogP contribution in [0.4, 0.5) is 60.2 Å². The van der Waals surface area contributed by atoms with Gasteiger partial charge in [-0.1, -0.05) is 107 Å². The molecule has 0 bridgehead atoms. The fourth-order valence-corrected chi connectivity index (χ4v) is 24.2. The minimum absolute atomic E-state index is 0.0507. The Morgan fingerprint density at radius 3 is 0.971 bits per heavy atom. The summed E-state index contributed by atoms with van der Waals surface area (Å²) in [7, 11) is 0. The lowest BCUT2D eigenvalue weighted by molar-refractivity contribution is -0.159. The Bertz CT molecular complexity index is 5430. The summed E-state index contributed by atoms with van der Waals surface area (Å²) in [6.07, 6.45) is 19.5. The van der Waals surface area contributed by atoms with E-state index in [0.717, 1.165) is 212 Å². The number of nitrogens with zero attached hydrogens (tertiary/aromatic N) is 16. The summed E-state index contributed by atoms with van der Waals surface area (Å²) in [5.41, 5.74) is 6.95. The zero-order chi connectivity index (χ0) is 97.9. The first-order valence-electron chi connectivity index (χ1n) is 49.4. The lowest BCUT2D eigenvalue weighted by Gasteiger charge is -2.52. The maximum Gasteiger partial charge on any atom is 0.309 e. The van der Waals surface area contributed by atoms with Crippen molar-refractivity contribution in [3.05, 3.63) is 185 Å². The number of β-amino-alcohol motifs (C(OH)–C–C–N with tert-alkyl or cyclic N) is 1. The molecule has 744 valence electrons. The van der Waals surface area contributed by atoms with Gasteiger partial charge in [0.25, 0.3) is 0 Å². The van der Waals surface area contributed by atoms with E-state index in [2.05, 4.69) is 101 Å². The summed E-state index contributed by atoms with van der Waals surface area (Å²) in [4.78, 5) is 88.0. The van der Waals surface area contributed by atoms with Crippen LogP contribution in [0.2, 0.25) is 25.1 Å².